The van der Waals surface area contributed by atoms with Gasteiger partial charge in [0.2, 0.25) is 0 Å². The summed E-state index contributed by atoms with van der Waals surface area (Å²) < 4.78 is 0. The van der Waals surface area contributed by atoms with Crippen molar-refractivity contribution >= 4 is 23.5 Å². The number of carbonyl (C=O) groups is 2. The first-order valence-electron chi connectivity index (χ1n) is 9.16. The molecule has 4 rings (SSSR count). The number of nitrogens with zero attached hydrogens (tertiary/aromatic N) is 2. The number of pyridine rings is 1. The predicted molar refractivity (Wildman–Crippen MR) is 111 cm³/mol. The number of aliphatic hydroxyl groups is 1. The van der Waals surface area contributed by atoms with Gasteiger partial charge in [-0.2, -0.15) is 0 Å². The molecule has 2 aromatic carbocycles. The second-order valence-corrected chi connectivity index (χ2v) is 6.57. The van der Waals surface area contributed by atoms with Crippen LogP contribution in [0.5, 0.6) is 0 Å². The Labute approximate surface area is 168 Å². The quantitative estimate of drug-likeness (QED) is 0.669. The molecule has 0 bridgehead atoms. The maximum absolute atomic E-state index is 13.0. The molecule has 1 aromatic heterocycles. The summed E-state index contributed by atoms with van der Waals surface area (Å²) in [5.74, 6) is -1.58. The fraction of sp³-hybridized carbons (Fsp3) is 0.0417. The zero-order valence-electron chi connectivity index (χ0n) is 15.5. The van der Waals surface area contributed by atoms with Gasteiger partial charge in [0.15, 0.2) is 11.5 Å². The molecule has 29 heavy (non-hydrogen) atoms. The molecule has 1 aliphatic rings. The van der Waals surface area contributed by atoms with Crippen molar-refractivity contribution in [2.75, 3.05) is 4.90 Å². The SMILES string of the molecule is O=C(/C=C/c1ccccc1)C1=C(O)C(=O)N(c2cccnc2)C1c1ccccc1. The van der Waals surface area contributed by atoms with Gasteiger partial charge in [0, 0.05) is 6.20 Å². The Morgan fingerprint density at radius 1 is 0.966 bits per heavy atom. The van der Waals surface area contributed by atoms with E-state index in [1.165, 1.54) is 17.2 Å². The number of ketones is 1. The van der Waals surface area contributed by atoms with Crippen molar-refractivity contribution in [1.82, 2.24) is 4.98 Å². The lowest BCUT2D eigenvalue weighted by Crippen LogP contribution is -2.30. The molecule has 0 radical (unpaired) electrons. The van der Waals surface area contributed by atoms with E-state index in [-0.39, 0.29) is 5.57 Å². The molecule has 3 aromatic rings. The van der Waals surface area contributed by atoms with E-state index in [9.17, 15) is 14.7 Å². The van der Waals surface area contributed by atoms with E-state index in [2.05, 4.69) is 4.98 Å². The summed E-state index contributed by atoms with van der Waals surface area (Å²) >= 11 is 0. The van der Waals surface area contributed by atoms with E-state index in [4.69, 9.17) is 0 Å². The van der Waals surface area contributed by atoms with Crippen LogP contribution in [0.15, 0.2) is 103 Å². The molecule has 0 spiro atoms. The number of allylic oxidation sites excluding steroid dienone is 1. The van der Waals surface area contributed by atoms with Gasteiger partial charge < -0.3 is 5.11 Å². The zero-order valence-corrected chi connectivity index (χ0v) is 15.5. The highest BCUT2D eigenvalue weighted by molar-refractivity contribution is 6.19. The Morgan fingerprint density at radius 2 is 1.66 bits per heavy atom. The number of hydrogen-bond donors (Lipinski definition) is 1. The summed E-state index contributed by atoms with van der Waals surface area (Å²) in [7, 11) is 0. The van der Waals surface area contributed by atoms with Crippen LogP contribution >= 0.6 is 0 Å². The molecule has 0 aliphatic carbocycles. The van der Waals surface area contributed by atoms with Crippen LogP contribution < -0.4 is 4.90 Å². The third-order valence-electron chi connectivity index (χ3n) is 4.74. The fourth-order valence-electron chi connectivity index (χ4n) is 3.40. The standard InChI is InChI=1S/C24H18N2O3/c27-20(14-13-17-8-3-1-4-9-17)21-22(18-10-5-2-6-11-18)26(24(29)23(21)28)19-12-7-15-25-16-19/h1-16,22,28H/b14-13+. The number of aromatic nitrogens is 1. The van der Waals surface area contributed by atoms with Crippen LogP contribution in [0.25, 0.3) is 6.08 Å². The molecule has 1 atom stereocenters. The van der Waals surface area contributed by atoms with Crippen LogP contribution in [0, 0.1) is 0 Å². The van der Waals surface area contributed by atoms with Gasteiger partial charge in [-0.25, -0.2) is 0 Å². The smallest absolute Gasteiger partial charge is 0.294 e. The molecule has 1 N–H and O–H groups in total. The average Bonchev–Trinajstić information content (AvgIpc) is 3.05. The van der Waals surface area contributed by atoms with Gasteiger partial charge in [0.05, 0.1) is 23.5 Å². The van der Waals surface area contributed by atoms with E-state index >= 15 is 0 Å². The molecular formula is C24H18N2O3. The first-order chi connectivity index (χ1) is 14.2. The second kappa shape index (κ2) is 7.94. The van der Waals surface area contributed by atoms with Crippen molar-refractivity contribution in [3.05, 3.63) is 114 Å². The molecule has 2 heterocycles. The van der Waals surface area contributed by atoms with E-state index in [1.807, 2.05) is 60.7 Å². The van der Waals surface area contributed by atoms with Crippen molar-refractivity contribution in [2.24, 2.45) is 0 Å². The molecule has 1 amide bonds. The summed E-state index contributed by atoms with van der Waals surface area (Å²) in [6.07, 6.45) is 6.19. The highest BCUT2D eigenvalue weighted by Crippen LogP contribution is 2.40. The number of rotatable bonds is 5. The van der Waals surface area contributed by atoms with E-state index in [0.717, 1.165) is 11.1 Å². The van der Waals surface area contributed by atoms with Crippen molar-refractivity contribution in [2.45, 2.75) is 6.04 Å². The van der Waals surface area contributed by atoms with Crippen molar-refractivity contribution in [1.29, 1.82) is 0 Å². The van der Waals surface area contributed by atoms with Gasteiger partial charge in [-0.1, -0.05) is 66.7 Å². The lowest BCUT2D eigenvalue weighted by molar-refractivity contribution is -0.117. The van der Waals surface area contributed by atoms with Gasteiger partial charge in [-0.05, 0) is 29.3 Å². The minimum atomic E-state index is -0.735. The summed E-state index contributed by atoms with van der Waals surface area (Å²) in [5.41, 5.74) is 2.14. The highest BCUT2D eigenvalue weighted by Gasteiger charge is 2.43. The fourth-order valence-corrected chi connectivity index (χ4v) is 3.40. The Kier molecular flexibility index (Phi) is 5.03. The largest absolute Gasteiger partial charge is 0.503 e. The van der Waals surface area contributed by atoms with E-state index in [0.29, 0.717) is 5.69 Å². The molecule has 5 heteroatoms. The number of hydrogen-bond acceptors (Lipinski definition) is 4. The predicted octanol–water partition coefficient (Wildman–Crippen LogP) is 4.26. The molecule has 142 valence electrons. The Bertz CT molecular complexity index is 1090. The topological polar surface area (TPSA) is 70.5 Å². The van der Waals surface area contributed by atoms with Crippen molar-refractivity contribution < 1.29 is 14.7 Å². The average molecular weight is 382 g/mol. The van der Waals surface area contributed by atoms with Crippen molar-refractivity contribution in [3.8, 4) is 0 Å². The Morgan fingerprint density at radius 3 is 2.31 bits per heavy atom. The van der Waals surface area contributed by atoms with E-state index < -0.39 is 23.5 Å². The highest BCUT2D eigenvalue weighted by atomic mass is 16.3. The summed E-state index contributed by atoms with van der Waals surface area (Å²) in [6.45, 7) is 0. The molecule has 0 fully saturated rings. The normalized spacial score (nSPS) is 16.6. The van der Waals surface area contributed by atoms with Crippen LogP contribution in [0.4, 0.5) is 5.69 Å². The number of benzene rings is 2. The third kappa shape index (κ3) is 3.58. The molecular weight excluding hydrogens is 364 g/mol. The van der Waals surface area contributed by atoms with Gasteiger partial charge in [0.25, 0.3) is 5.91 Å². The number of amides is 1. The minimum absolute atomic E-state index is 0.0530. The number of aliphatic hydroxyl groups excluding tert-OH is 1. The van der Waals surface area contributed by atoms with Crippen LogP contribution in [-0.2, 0) is 9.59 Å². The molecule has 1 unspecified atom stereocenters. The van der Waals surface area contributed by atoms with Crippen LogP contribution in [0.3, 0.4) is 0 Å². The summed E-state index contributed by atoms with van der Waals surface area (Å²) in [6, 6.07) is 21.2. The monoisotopic (exact) mass is 382 g/mol. The molecule has 5 nitrogen and oxygen atoms in total. The second-order valence-electron chi connectivity index (χ2n) is 6.57. The van der Waals surface area contributed by atoms with Crippen LogP contribution in [0.2, 0.25) is 0 Å². The molecule has 0 saturated heterocycles. The van der Waals surface area contributed by atoms with Gasteiger partial charge in [0.1, 0.15) is 0 Å². The molecule has 1 aliphatic heterocycles. The maximum Gasteiger partial charge on any atom is 0.294 e. The number of anilines is 1. The van der Waals surface area contributed by atoms with Crippen LogP contribution in [-0.4, -0.2) is 21.8 Å². The summed E-state index contributed by atoms with van der Waals surface area (Å²) in [4.78, 5) is 31.4. The van der Waals surface area contributed by atoms with Crippen molar-refractivity contribution in [3.63, 3.8) is 0 Å². The Hall–Kier alpha value is -3.99. The number of carbonyl (C=O) groups excluding carboxylic acids is 2. The lowest BCUT2D eigenvalue weighted by Gasteiger charge is -2.26. The zero-order chi connectivity index (χ0) is 20.2. The third-order valence-corrected chi connectivity index (χ3v) is 4.74. The maximum atomic E-state index is 13.0. The van der Waals surface area contributed by atoms with Crippen LogP contribution in [0.1, 0.15) is 17.2 Å². The lowest BCUT2D eigenvalue weighted by atomic mass is 9.95. The minimum Gasteiger partial charge on any atom is -0.503 e. The first kappa shape index (κ1) is 18.4. The molecule has 0 saturated carbocycles. The van der Waals surface area contributed by atoms with Gasteiger partial charge in [-0.3, -0.25) is 19.5 Å². The van der Waals surface area contributed by atoms with Gasteiger partial charge >= 0.3 is 0 Å². The summed E-state index contributed by atoms with van der Waals surface area (Å²) in [5, 5.41) is 10.6. The Balaban J connectivity index is 1.77. The first-order valence-corrected chi connectivity index (χ1v) is 9.16. The van der Waals surface area contributed by atoms with E-state index in [1.54, 1.807) is 24.4 Å². The van der Waals surface area contributed by atoms with Gasteiger partial charge in [-0.15, -0.1) is 0 Å².